The van der Waals surface area contributed by atoms with Crippen molar-refractivity contribution >= 4 is 21.6 Å². The molecule has 21 heavy (non-hydrogen) atoms. The molecule has 3 nitrogen and oxygen atoms in total. The molecular formula is C14H17BrF3NO2. The average molecular weight is 368 g/mol. The normalized spacial score (nSPS) is 18.6. The second-order valence-corrected chi connectivity index (χ2v) is 6.21. The highest BCUT2D eigenvalue weighted by Gasteiger charge is 2.33. The number of rotatable bonds is 3. The lowest BCUT2D eigenvalue weighted by atomic mass is 9.94. The van der Waals surface area contributed by atoms with Crippen LogP contribution in [0.2, 0.25) is 0 Å². The van der Waals surface area contributed by atoms with Gasteiger partial charge in [0.1, 0.15) is 0 Å². The Kier molecular flexibility index (Phi) is 4.85. The molecule has 0 aromatic heterocycles. The predicted octanol–water partition coefficient (Wildman–Crippen LogP) is 3.45. The second kappa shape index (κ2) is 6.14. The van der Waals surface area contributed by atoms with Crippen LogP contribution in [0, 0.1) is 0 Å². The van der Waals surface area contributed by atoms with Crippen LogP contribution in [-0.2, 0) is 10.9 Å². The van der Waals surface area contributed by atoms with Crippen molar-refractivity contribution in [3.63, 3.8) is 0 Å². The summed E-state index contributed by atoms with van der Waals surface area (Å²) in [4.78, 5) is 1.76. The molecule has 0 amide bonds. The van der Waals surface area contributed by atoms with Crippen LogP contribution in [0.1, 0.15) is 18.4 Å². The lowest BCUT2D eigenvalue weighted by molar-refractivity contribution is -0.137. The van der Waals surface area contributed by atoms with Crippen molar-refractivity contribution in [1.82, 2.24) is 0 Å². The predicted molar refractivity (Wildman–Crippen MR) is 77.4 cm³/mol. The van der Waals surface area contributed by atoms with Crippen molar-refractivity contribution in [1.29, 1.82) is 0 Å². The third-order valence-electron chi connectivity index (χ3n) is 3.64. The van der Waals surface area contributed by atoms with E-state index in [1.165, 1.54) is 6.07 Å². The van der Waals surface area contributed by atoms with Crippen molar-refractivity contribution in [2.45, 2.75) is 24.6 Å². The van der Waals surface area contributed by atoms with Crippen molar-refractivity contribution in [3.05, 3.63) is 28.2 Å². The quantitative estimate of drug-likeness (QED) is 0.887. The molecule has 1 aromatic carbocycles. The summed E-state index contributed by atoms with van der Waals surface area (Å²) in [6.07, 6.45) is -3.32. The lowest BCUT2D eigenvalue weighted by Crippen LogP contribution is -2.45. The highest BCUT2D eigenvalue weighted by atomic mass is 79.9. The molecule has 1 saturated heterocycles. The fourth-order valence-electron chi connectivity index (χ4n) is 2.43. The number of likely N-dealkylation sites (N-methyl/N-ethyl adjacent to an activating group) is 1. The molecule has 0 atom stereocenters. The summed E-state index contributed by atoms with van der Waals surface area (Å²) in [6, 6.07) is 3.51. The van der Waals surface area contributed by atoms with Crippen LogP contribution >= 0.6 is 15.9 Å². The molecule has 0 bridgehead atoms. The number of nitrogens with zero attached hydrogens (tertiary/aromatic N) is 1. The van der Waals surface area contributed by atoms with Gasteiger partial charge in [0.15, 0.2) is 0 Å². The molecule has 0 aliphatic carbocycles. The van der Waals surface area contributed by atoms with Crippen LogP contribution in [-0.4, -0.2) is 37.5 Å². The van der Waals surface area contributed by atoms with Gasteiger partial charge in [-0.3, -0.25) is 0 Å². The SMILES string of the molecule is CN(CC1(O)CCOCC1)c1ccc(C(F)(F)F)cc1Br. The Bertz CT molecular complexity index is 501. The van der Waals surface area contributed by atoms with Gasteiger partial charge in [-0.2, -0.15) is 13.2 Å². The smallest absolute Gasteiger partial charge is 0.388 e. The molecule has 0 saturated carbocycles. The molecule has 2 rings (SSSR count). The van der Waals surface area contributed by atoms with Gasteiger partial charge in [0, 0.05) is 44.1 Å². The van der Waals surface area contributed by atoms with Crippen LogP contribution in [0.15, 0.2) is 22.7 Å². The first kappa shape index (κ1) is 16.6. The van der Waals surface area contributed by atoms with Gasteiger partial charge in [-0.1, -0.05) is 0 Å². The summed E-state index contributed by atoms with van der Waals surface area (Å²) in [5.74, 6) is 0. The molecule has 1 aliphatic rings. The molecule has 1 N–H and O–H groups in total. The largest absolute Gasteiger partial charge is 0.416 e. The number of aliphatic hydroxyl groups is 1. The molecule has 1 aliphatic heterocycles. The number of benzene rings is 1. The van der Waals surface area contributed by atoms with E-state index in [1.807, 2.05) is 0 Å². The summed E-state index contributed by atoms with van der Waals surface area (Å²) in [7, 11) is 1.75. The molecule has 1 heterocycles. The first-order chi connectivity index (χ1) is 9.71. The van der Waals surface area contributed by atoms with E-state index in [0.717, 1.165) is 12.1 Å². The minimum absolute atomic E-state index is 0.348. The fraction of sp³-hybridized carbons (Fsp3) is 0.571. The Morgan fingerprint density at radius 3 is 2.48 bits per heavy atom. The summed E-state index contributed by atoms with van der Waals surface area (Å²) in [5.41, 5.74) is -0.950. The fourth-order valence-corrected chi connectivity index (χ4v) is 3.11. The van der Waals surface area contributed by atoms with Crippen molar-refractivity contribution in [2.75, 3.05) is 31.7 Å². The van der Waals surface area contributed by atoms with Crippen molar-refractivity contribution in [2.24, 2.45) is 0 Å². The maximum Gasteiger partial charge on any atom is 0.416 e. The van der Waals surface area contributed by atoms with E-state index >= 15 is 0 Å². The first-order valence-electron chi connectivity index (χ1n) is 6.59. The Balaban J connectivity index is 2.14. The molecular weight excluding hydrogens is 351 g/mol. The summed E-state index contributed by atoms with van der Waals surface area (Å²) in [6.45, 7) is 1.34. The molecule has 118 valence electrons. The van der Waals surface area contributed by atoms with E-state index in [2.05, 4.69) is 15.9 Å². The Morgan fingerprint density at radius 1 is 1.33 bits per heavy atom. The van der Waals surface area contributed by atoms with Crippen LogP contribution in [0.5, 0.6) is 0 Å². The highest BCUT2D eigenvalue weighted by molar-refractivity contribution is 9.10. The van der Waals surface area contributed by atoms with Gasteiger partial charge in [0.2, 0.25) is 0 Å². The molecule has 7 heteroatoms. The standard InChI is InChI=1S/C14H17BrF3NO2/c1-19(9-13(20)4-6-21-7-5-13)12-3-2-10(8-11(12)15)14(16,17)18/h2-3,8,20H,4-7,9H2,1H3. The zero-order valence-corrected chi connectivity index (χ0v) is 13.2. The van der Waals surface area contributed by atoms with Gasteiger partial charge in [0.05, 0.1) is 16.9 Å². The van der Waals surface area contributed by atoms with Gasteiger partial charge in [-0.25, -0.2) is 0 Å². The Morgan fingerprint density at radius 2 is 1.95 bits per heavy atom. The summed E-state index contributed by atoms with van der Waals surface area (Å²) < 4.78 is 43.5. The highest BCUT2D eigenvalue weighted by Crippen LogP contribution is 2.35. The minimum Gasteiger partial charge on any atom is -0.388 e. The number of anilines is 1. The van der Waals surface area contributed by atoms with E-state index < -0.39 is 17.3 Å². The van der Waals surface area contributed by atoms with Gasteiger partial charge in [-0.05, 0) is 34.1 Å². The van der Waals surface area contributed by atoms with Crippen molar-refractivity contribution < 1.29 is 23.0 Å². The number of halogens is 4. The maximum absolute atomic E-state index is 12.6. The van der Waals surface area contributed by atoms with Crippen LogP contribution < -0.4 is 4.90 Å². The molecule has 0 radical (unpaired) electrons. The van der Waals surface area contributed by atoms with E-state index in [-0.39, 0.29) is 0 Å². The Hall–Kier alpha value is -0.790. The van der Waals surface area contributed by atoms with Gasteiger partial charge in [0.25, 0.3) is 0 Å². The van der Waals surface area contributed by atoms with Crippen LogP contribution in [0.3, 0.4) is 0 Å². The molecule has 1 fully saturated rings. The number of hydrogen-bond acceptors (Lipinski definition) is 3. The van der Waals surface area contributed by atoms with E-state index in [0.29, 0.717) is 42.8 Å². The zero-order valence-electron chi connectivity index (χ0n) is 11.6. The third kappa shape index (κ3) is 4.11. The molecule has 1 aromatic rings. The topological polar surface area (TPSA) is 32.7 Å². The average Bonchev–Trinajstić information content (AvgIpc) is 2.37. The number of ether oxygens (including phenoxy) is 1. The third-order valence-corrected chi connectivity index (χ3v) is 4.28. The van der Waals surface area contributed by atoms with E-state index in [4.69, 9.17) is 4.74 Å². The van der Waals surface area contributed by atoms with Gasteiger partial charge in [-0.15, -0.1) is 0 Å². The zero-order chi connectivity index (χ0) is 15.7. The molecule has 0 unspecified atom stereocenters. The Labute approximate surface area is 129 Å². The first-order valence-corrected chi connectivity index (χ1v) is 7.39. The lowest BCUT2D eigenvalue weighted by Gasteiger charge is -2.36. The van der Waals surface area contributed by atoms with Gasteiger partial charge < -0.3 is 14.7 Å². The van der Waals surface area contributed by atoms with Crippen molar-refractivity contribution in [3.8, 4) is 0 Å². The van der Waals surface area contributed by atoms with E-state index in [1.54, 1.807) is 11.9 Å². The summed E-state index contributed by atoms with van der Waals surface area (Å²) >= 11 is 3.17. The second-order valence-electron chi connectivity index (χ2n) is 5.36. The summed E-state index contributed by atoms with van der Waals surface area (Å²) in [5, 5.41) is 10.5. The van der Waals surface area contributed by atoms with Crippen LogP contribution in [0.25, 0.3) is 0 Å². The number of hydrogen-bond donors (Lipinski definition) is 1. The van der Waals surface area contributed by atoms with Crippen LogP contribution in [0.4, 0.5) is 18.9 Å². The number of alkyl halides is 3. The minimum atomic E-state index is -4.36. The maximum atomic E-state index is 12.6. The molecule has 0 spiro atoms. The monoisotopic (exact) mass is 367 g/mol. The van der Waals surface area contributed by atoms with Gasteiger partial charge >= 0.3 is 6.18 Å². The van der Waals surface area contributed by atoms with E-state index in [9.17, 15) is 18.3 Å².